The monoisotopic (exact) mass is 427 g/mol. The van der Waals surface area contributed by atoms with E-state index >= 15 is 0 Å². The molecule has 3 rings (SSSR count). The van der Waals surface area contributed by atoms with Crippen molar-refractivity contribution in [3.63, 3.8) is 0 Å². The molecular formula is C22H26FN5OS. The van der Waals surface area contributed by atoms with E-state index in [1.807, 2.05) is 60.8 Å². The molecule has 0 radical (unpaired) electrons. The number of aromatic amines is 1. The largest absolute Gasteiger partial charge is 0.354 e. The fourth-order valence-corrected chi connectivity index (χ4v) is 3.50. The van der Waals surface area contributed by atoms with Crippen LogP contribution < -0.4 is 5.32 Å². The summed E-state index contributed by atoms with van der Waals surface area (Å²) in [5.41, 5.74) is 2.92. The predicted octanol–water partition coefficient (Wildman–Crippen LogP) is 3.86. The Morgan fingerprint density at radius 2 is 2.00 bits per heavy atom. The van der Waals surface area contributed by atoms with Crippen LogP contribution in [0.25, 0.3) is 11.4 Å². The number of hydrogen-bond donors (Lipinski definition) is 2. The van der Waals surface area contributed by atoms with Crippen LogP contribution in [0.15, 0.2) is 48.5 Å². The van der Waals surface area contributed by atoms with Gasteiger partial charge < -0.3 is 10.2 Å². The van der Waals surface area contributed by atoms with Crippen molar-refractivity contribution in [2.75, 3.05) is 20.6 Å². The van der Waals surface area contributed by atoms with Crippen LogP contribution >= 0.6 is 12.2 Å². The molecule has 0 fully saturated rings. The molecule has 0 saturated heterocycles. The third-order valence-electron chi connectivity index (χ3n) is 4.98. The zero-order chi connectivity index (χ0) is 21.7. The molecule has 0 bridgehead atoms. The average Bonchev–Trinajstić information content (AvgIpc) is 3.07. The highest BCUT2D eigenvalue weighted by Crippen LogP contribution is 2.19. The summed E-state index contributed by atoms with van der Waals surface area (Å²) in [6.07, 6.45) is 0.260. The molecule has 0 spiro atoms. The van der Waals surface area contributed by atoms with Crippen LogP contribution in [0.3, 0.4) is 0 Å². The molecule has 1 amide bonds. The van der Waals surface area contributed by atoms with Crippen LogP contribution in [0.5, 0.6) is 0 Å². The van der Waals surface area contributed by atoms with Gasteiger partial charge in [0.05, 0.1) is 6.04 Å². The highest BCUT2D eigenvalue weighted by atomic mass is 32.1. The van der Waals surface area contributed by atoms with E-state index in [0.29, 0.717) is 23.7 Å². The summed E-state index contributed by atoms with van der Waals surface area (Å²) in [4.78, 5) is 14.4. The minimum atomic E-state index is -0.288. The molecule has 1 heterocycles. The lowest BCUT2D eigenvalue weighted by Gasteiger charge is -2.25. The van der Waals surface area contributed by atoms with Crippen molar-refractivity contribution in [1.29, 1.82) is 0 Å². The summed E-state index contributed by atoms with van der Waals surface area (Å²) < 4.78 is 15.9. The summed E-state index contributed by atoms with van der Waals surface area (Å²) in [6, 6.07) is 14.3. The van der Waals surface area contributed by atoms with Gasteiger partial charge >= 0.3 is 0 Å². The number of hydrogen-bond acceptors (Lipinski definition) is 4. The number of carbonyl (C=O) groups excluding carboxylic acids is 1. The maximum atomic E-state index is 13.6. The summed E-state index contributed by atoms with van der Waals surface area (Å²) in [7, 11) is 3.81. The van der Waals surface area contributed by atoms with Gasteiger partial charge in [0.1, 0.15) is 5.82 Å². The molecule has 0 aliphatic carbocycles. The molecule has 0 aliphatic rings. The number of halogens is 1. The van der Waals surface area contributed by atoms with E-state index in [0.717, 1.165) is 16.7 Å². The Morgan fingerprint density at radius 1 is 1.27 bits per heavy atom. The van der Waals surface area contributed by atoms with E-state index in [9.17, 15) is 9.18 Å². The van der Waals surface area contributed by atoms with Gasteiger partial charge in [-0.15, -0.1) is 0 Å². The fourth-order valence-electron chi connectivity index (χ4n) is 3.27. The number of nitrogens with zero attached hydrogens (tertiary/aromatic N) is 3. The van der Waals surface area contributed by atoms with Crippen LogP contribution in [-0.2, 0) is 11.3 Å². The molecule has 0 unspecified atom stereocenters. The fraction of sp³-hybridized carbons (Fsp3) is 0.318. The molecule has 6 nitrogen and oxygen atoms in total. The lowest BCUT2D eigenvalue weighted by atomic mass is 10.1. The van der Waals surface area contributed by atoms with Gasteiger partial charge in [-0.2, -0.15) is 5.10 Å². The highest BCUT2D eigenvalue weighted by molar-refractivity contribution is 7.71. The second kappa shape index (κ2) is 9.77. The Labute approximate surface area is 180 Å². The first-order valence-electron chi connectivity index (χ1n) is 9.76. The van der Waals surface area contributed by atoms with Crippen molar-refractivity contribution in [3.05, 3.63) is 70.2 Å². The molecule has 1 atom stereocenters. The van der Waals surface area contributed by atoms with Gasteiger partial charge in [0.25, 0.3) is 0 Å². The summed E-state index contributed by atoms with van der Waals surface area (Å²) in [6.45, 7) is 2.82. The lowest BCUT2D eigenvalue weighted by Crippen LogP contribution is -2.35. The average molecular weight is 428 g/mol. The third kappa shape index (κ3) is 5.40. The molecule has 0 aliphatic heterocycles. The summed E-state index contributed by atoms with van der Waals surface area (Å²) >= 11 is 5.34. The SMILES string of the molecule is Cc1ccc(-c2n[nH]c(=S)n2CCC(=O)NC[C@H](c2cccc(F)c2)N(C)C)cc1. The smallest absolute Gasteiger partial charge is 0.221 e. The third-order valence-corrected chi connectivity index (χ3v) is 5.29. The second-order valence-electron chi connectivity index (χ2n) is 7.46. The van der Waals surface area contributed by atoms with E-state index < -0.39 is 0 Å². The molecule has 8 heteroatoms. The van der Waals surface area contributed by atoms with Crippen molar-refractivity contribution in [2.24, 2.45) is 0 Å². The maximum Gasteiger partial charge on any atom is 0.221 e. The first-order valence-corrected chi connectivity index (χ1v) is 10.2. The second-order valence-corrected chi connectivity index (χ2v) is 7.85. The normalized spacial score (nSPS) is 12.2. The number of rotatable bonds is 8. The number of aryl methyl sites for hydroxylation is 1. The van der Waals surface area contributed by atoms with E-state index in [4.69, 9.17) is 12.2 Å². The predicted molar refractivity (Wildman–Crippen MR) is 118 cm³/mol. The molecule has 2 aromatic carbocycles. The molecule has 3 aromatic rings. The maximum absolute atomic E-state index is 13.6. The van der Waals surface area contributed by atoms with E-state index in [2.05, 4.69) is 15.5 Å². The van der Waals surface area contributed by atoms with Crippen molar-refractivity contribution in [1.82, 2.24) is 25.0 Å². The summed E-state index contributed by atoms with van der Waals surface area (Å²) in [5.74, 6) is 0.318. The Morgan fingerprint density at radius 3 is 2.67 bits per heavy atom. The lowest BCUT2D eigenvalue weighted by molar-refractivity contribution is -0.121. The van der Waals surface area contributed by atoms with Crippen LogP contribution in [0.4, 0.5) is 4.39 Å². The van der Waals surface area contributed by atoms with Crippen molar-refractivity contribution in [2.45, 2.75) is 25.9 Å². The number of carbonyl (C=O) groups is 1. The molecule has 2 N–H and O–H groups in total. The number of H-pyrrole nitrogens is 1. The number of amides is 1. The first kappa shape index (κ1) is 21.9. The van der Waals surface area contributed by atoms with E-state index in [-0.39, 0.29) is 24.2 Å². The van der Waals surface area contributed by atoms with Gasteiger partial charge in [-0.25, -0.2) is 4.39 Å². The molecule has 1 aromatic heterocycles. The van der Waals surface area contributed by atoms with Gasteiger partial charge in [-0.05, 0) is 50.9 Å². The summed E-state index contributed by atoms with van der Waals surface area (Å²) in [5, 5.41) is 10.1. The number of benzene rings is 2. The molecular weight excluding hydrogens is 401 g/mol. The Kier molecular flexibility index (Phi) is 7.12. The minimum Gasteiger partial charge on any atom is -0.354 e. The number of nitrogens with one attached hydrogen (secondary N) is 2. The van der Waals surface area contributed by atoms with Gasteiger partial charge in [0, 0.05) is 25.1 Å². The van der Waals surface area contributed by atoms with E-state index in [1.165, 1.54) is 12.1 Å². The first-order chi connectivity index (χ1) is 14.3. The number of aromatic nitrogens is 3. The Bertz CT molecular complexity index is 1060. The Balaban J connectivity index is 1.63. The highest BCUT2D eigenvalue weighted by Gasteiger charge is 2.16. The molecule has 0 saturated carbocycles. The molecule has 30 heavy (non-hydrogen) atoms. The van der Waals surface area contributed by atoms with Crippen LogP contribution in [0.1, 0.15) is 23.6 Å². The van der Waals surface area contributed by atoms with Gasteiger partial charge in [0.2, 0.25) is 5.91 Å². The zero-order valence-electron chi connectivity index (χ0n) is 17.4. The van der Waals surface area contributed by atoms with Crippen LogP contribution in [0, 0.1) is 17.5 Å². The topological polar surface area (TPSA) is 66.0 Å². The van der Waals surface area contributed by atoms with Gasteiger partial charge in [-0.3, -0.25) is 14.5 Å². The molecule has 158 valence electrons. The van der Waals surface area contributed by atoms with Crippen molar-refractivity contribution < 1.29 is 9.18 Å². The van der Waals surface area contributed by atoms with Crippen molar-refractivity contribution >= 4 is 18.1 Å². The standard InChI is InChI=1S/C22H26FN5OS/c1-15-7-9-16(10-8-15)21-25-26-22(30)28(21)12-11-20(29)24-14-19(27(2)3)17-5-4-6-18(23)13-17/h4-10,13,19H,11-12,14H2,1-3H3,(H,24,29)(H,26,30)/t19-/m1/s1. The van der Waals surface area contributed by atoms with Gasteiger partial charge in [0.15, 0.2) is 10.6 Å². The quantitative estimate of drug-likeness (QED) is 0.536. The van der Waals surface area contributed by atoms with Crippen LogP contribution in [0.2, 0.25) is 0 Å². The Hall–Kier alpha value is -2.84. The van der Waals surface area contributed by atoms with E-state index in [1.54, 1.807) is 6.07 Å². The van der Waals surface area contributed by atoms with Gasteiger partial charge in [-0.1, -0.05) is 42.0 Å². The number of likely N-dealkylation sites (N-methyl/N-ethyl adjacent to an activating group) is 1. The van der Waals surface area contributed by atoms with Crippen molar-refractivity contribution in [3.8, 4) is 11.4 Å². The zero-order valence-corrected chi connectivity index (χ0v) is 18.2. The van der Waals surface area contributed by atoms with Crippen LogP contribution in [-0.4, -0.2) is 46.2 Å². The minimum absolute atomic E-state index is 0.101.